The molecule has 0 saturated carbocycles. The molecule has 0 aromatic carbocycles. The van der Waals surface area contributed by atoms with Crippen LogP contribution in [0.15, 0.2) is 12.1 Å². The van der Waals surface area contributed by atoms with Crippen LogP contribution in [-0.4, -0.2) is 19.1 Å². The maximum Gasteiger partial charge on any atom is 0.0447 e. The standard InChI is InChI=1S/C11H20N2S/c1-11(2,3)10-7-6-9(14-10)8-12-13(4)5/h6-7,12H,8H2,1-5H3. The first kappa shape index (κ1) is 11.7. The normalized spacial score (nSPS) is 12.4. The fourth-order valence-corrected chi connectivity index (χ4v) is 2.11. The largest absolute Gasteiger partial charge is 0.250 e. The molecule has 2 nitrogen and oxygen atoms in total. The number of hydrogen-bond acceptors (Lipinski definition) is 3. The Bertz CT molecular complexity index is 284. The summed E-state index contributed by atoms with van der Waals surface area (Å²) < 4.78 is 0. The summed E-state index contributed by atoms with van der Waals surface area (Å²) in [6.07, 6.45) is 0. The molecule has 0 aliphatic heterocycles. The average Bonchev–Trinajstić information content (AvgIpc) is 2.47. The van der Waals surface area contributed by atoms with Gasteiger partial charge in [0.2, 0.25) is 0 Å². The van der Waals surface area contributed by atoms with Gasteiger partial charge in [-0.15, -0.1) is 11.3 Å². The molecule has 0 saturated heterocycles. The third kappa shape index (κ3) is 3.40. The van der Waals surface area contributed by atoms with Crippen molar-refractivity contribution in [3.63, 3.8) is 0 Å². The topological polar surface area (TPSA) is 15.3 Å². The third-order valence-electron chi connectivity index (χ3n) is 1.97. The van der Waals surface area contributed by atoms with E-state index >= 15 is 0 Å². The Morgan fingerprint density at radius 1 is 1.29 bits per heavy atom. The lowest BCUT2D eigenvalue weighted by Gasteiger charge is -2.15. The molecule has 0 atom stereocenters. The van der Waals surface area contributed by atoms with Gasteiger partial charge in [-0.2, -0.15) is 0 Å². The highest BCUT2D eigenvalue weighted by Gasteiger charge is 2.15. The summed E-state index contributed by atoms with van der Waals surface area (Å²) in [7, 11) is 4.02. The minimum Gasteiger partial charge on any atom is -0.250 e. The Labute approximate surface area is 90.9 Å². The third-order valence-corrected chi connectivity index (χ3v) is 3.48. The van der Waals surface area contributed by atoms with E-state index in [0.717, 1.165) is 6.54 Å². The zero-order chi connectivity index (χ0) is 10.8. The van der Waals surface area contributed by atoms with Crippen molar-refractivity contribution in [2.75, 3.05) is 14.1 Å². The van der Waals surface area contributed by atoms with Crippen molar-refractivity contribution in [3.8, 4) is 0 Å². The lowest BCUT2D eigenvalue weighted by atomic mass is 9.95. The van der Waals surface area contributed by atoms with E-state index in [0.29, 0.717) is 0 Å². The fraction of sp³-hybridized carbons (Fsp3) is 0.636. The predicted octanol–water partition coefficient (Wildman–Crippen LogP) is 2.61. The molecule has 0 radical (unpaired) electrons. The molecule has 1 aromatic heterocycles. The van der Waals surface area contributed by atoms with Crippen LogP contribution in [0.25, 0.3) is 0 Å². The lowest BCUT2D eigenvalue weighted by molar-refractivity contribution is 0.287. The van der Waals surface area contributed by atoms with Crippen molar-refractivity contribution in [2.45, 2.75) is 32.7 Å². The first-order chi connectivity index (χ1) is 6.39. The van der Waals surface area contributed by atoms with Crippen LogP contribution in [0.1, 0.15) is 30.5 Å². The highest BCUT2D eigenvalue weighted by atomic mass is 32.1. The Balaban J connectivity index is 2.60. The minimum absolute atomic E-state index is 0.279. The van der Waals surface area contributed by atoms with Crippen LogP contribution in [0.5, 0.6) is 0 Å². The van der Waals surface area contributed by atoms with Crippen LogP contribution in [0.4, 0.5) is 0 Å². The van der Waals surface area contributed by atoms with Gasteiger partial charge in [-0.25, -0.2) is 0 Å². The van der Waals surface area contributed by atoms with Crippen LogP contribution in [0.2, 0.25) is 0 Å². The smallest absolute Gasteiger partial charge is 0.0447 e. The quantitative estimate of drug-likeness (QED) is 0.775. The molecule has 14 heavy (non-hydrogen) atoms. The second-order valence-electron chi connectivity index (χ2n) is 4.75. The Hall–Kier alpha value is -0.380. The number of nitrogens with zero attached hydrogens (tertiary/aromatic N) is 1. The maximum atomic E-state index is 3.27. The number of hydrogen-bond donors (Lipinski definition) is 1. The molecule has 0 fully saturated rings. The van der Waals surface area contributed by atoms with Crippen molar-refractivity contribution >= 4 is 11.3 Å². The summed E-state index contributed by atoms with van der Waals surface area (Å²) >= 11 is 1.89. The summed E-state index contributed by atoms with van der Waals surface area (Å²) in [5.74, 6) is 0. The minimum atomic E-state index is 0.279. The Kier molecular flexibility index (Phi) is 3.70. The second-order valence-corrected chi connectivity index (χ2v) is 5.91. The molecule has 0 amide bonds. The fourth-order valence-electron chi connectivity index (χ4n) is 1.11. The average molecular weight is 212 g/mol. The van der Waals surface area contributed by atoms with Crippen LogP contribution >= 0.6 is 11.3 Å². The van der Waals surface area contributed by atoms with E-state index < -0.39 is 0 Å². The summed E-state index contributed by atoms with van der Waals surface area (Å²) in [4.78, 5) is 2.84. The summed E-state index contributed by atoms with van der Waals surface area (Å²) in [6.45, 7) is 7.68. The molecular formula is C11H20N2S. The van der Waals surface area contributed by atoms with Gasteiger partial charge in [0.25, 0.3) is 0 Å². The molecule has 80 valence electrons. The van der Waals surface area contributed by atoms with Gasteiger partial charge in [0.1, 0.15) is 0 Å². The van der Waals surface area contributed by atoms with Gasteiger partial charge in [-0.1, -0.05) is 20.8 Å². The van der Waals surface area contributed by atoms with Gasteiger partial charge in [0.15, 0.2) is 0 Å². The van der Waals surface area contributed by atoms with Crippen molar-refractivity contribution in [1.29, 1.82) is 0 Å². The molecule has 0 aliphatic rings. The zero-order valence-corrected chi connectivity index (χ0v) is 10.5. The zero-order valence-electron chi connectivity index (χ0n) is 9.72. The molecule has 3 heteroatoms. The summed E-state index contributed by atoms with van der Waals surface area (Å²) in [5, 5.41) is 1.98. The van der Waals surface area contributed by atoms with E-state index in [1.165, 1.54) is 9.75 Å². The molecular weight excluding hydrogens is 192 g/mol. The Morgan fingerprint density at radius 3 is 2.36 bits per heavy atom. The molecule has 0 spiro atoms. The van der Waals surface area contributed by atoms with Crippen molar-refractivity contribution in [2.24, 2.45) is 0 Å². The van der Waals surface area contributed by atoms with Crippen molar-refractivity contribution < 1.29 is 0 Å². The summed E-state index contributed by atoms with van der Waals surface area (Å²) in [5.41, 5.74) is 3.55. The van der Waals surface area contributed by atoms with E-state index in [9.17, 15) is 0 Å². The highest BCUT2D eigenvalue weighted by molar-refractivity contribution is 7.12. The predicted molar refractivity (Wildman–Crippen MR) is 63.5 cm³/mol. The molecule has 0 bridgehead atoms. The first-order valence-electron chi connectivity index (χ1n) is 4.89. The van der Waals surface area contributed by atoms with Crippen LogP contribution in [0.3, 0.4) is 0 Å². The number of thiophene rings is 1. The number of hydrazine groups is 1. The van der Waals surface area contributed by atoms with Gasteiger partial charge in [-0.3, -0.25) is 10.4 Å². The molecule has 0 unspecified atom stereocenters. The monoisotopic (exact) mass is 212 g/mol. The van der Waals surface area contributed by atoms with Gasteiger partial charge >= 0.3 is 0 Å². The van der Waals surface area contributed by atoms with E-state index in [-0.39, 0.29) is 5.41 Å². The SMILES string of the molecule is CN(C)NCc1ccc(C(C)(C)C)s1. The second kappa shape index (κ2) is 4.43. The van der Waals surface area contributed by atoms with E-state index in [1.54, 1.807) is 0 Å². The van der Waals surface area contributed by atoms with E-state index in [4.69, 9.17) is 0 Å². The molecule has 0 aliphatic carbocycles. The molecule has 1 aromatic rings. The van der Waals surface area contributed by atoms with E-state index in [2.05, 4.69) is 38.3 Å². The molecule has 1 heterocycles. The van der Waals surface area contributed by atoms with Crippen molar-refractivity contribution in [3.05, 3.63) is 21.9 Å². The van der Waals surface area contributed by atoms with Crippen LogP contribution in [0, 0.1) is 0 Å². The van der Waals surface area contributed by atoms with E-state index in [1.807, 2.05) is 30.4 Å². The van der Waals surface area contributed by atoms with Crippen LogP contribution in [-0.2, 0) is 12.0 Å². The number of nitrogens with one attached hydrogen (secondary N) is 1. The maximum absolute atomic E-state index is 3.27. The molecule has 1 rings (SSSR count). The molecule has 1 N–H and O–H groups in total. The highest BCUT2D eigenvalue weighted by Crippen LogP contribution is 2.29. The number of rotatable bonds is 3. The van der Waals surface area contributed by atoms with Crippen LogP contribution < -0.4 is 5.43 Å². The Morgan fingerprint density at radius 2 is 1.93 bits per heavy atom. The van der Waals surface area contributed by atoms with Crippen molar-refractivity contribution in [1.82, 2.24) is 10.4 Å². The van der Waals surface area contributed by atoms with Gasteiger partial charge < -0.3 is 0 Å². The van der Waals surface area contributed by atoms with Gasteiger partial charge in [0, 0.05) is 30.4 Å². The van der Waals surface area contributed by atoms with Gasteiger partial charge in [0.05, 0.1) is 0 Å². The van der Waals surface area contributed by atoms with Gasteiger partial charge in [-0.05, 0) is 17.5 Å². The lowest BCUT2D eigenvalue weighted by Crippen LogP contribution is -2.29. The first-order valence-corrected chi connectivity index (χ1v) is 5.71. The summed E-state index contributed by atoms with van der Waals surface area (Å²) in [6, 6.07) is 4.44.